The second kappa shape index (κ2) is 7.72. The Labute approximate surface area is 166 Å². The average molecular weight is 450 g/mol. The van der Waals surface area contributed by atoms with Gasteiger partial charge in [0.2, 0.25) is 10.0 Å². The van der Waals surface area contributed by atoms with Crippen molar-refractivity contribution in [1.82, 2.24) is 19.3 Å². The third-order valence-electron chi connectivity index (χ3n) is 3.94. The van der Waals surface area contributed by atoms with E-state index in [1.54, 1.807) is 0 Å². The largest absolute Gasteiger partial charge is 0.416 e. The van der Waals surface area contributed by atoms with Gasteiger partial charge in [-0.2, -0.15) is 26.3 Å². The van der Waals surface area contributed by atoms with E-state index in [4.69, 9.17) is 0 Å². The van der Waals surface area contributed by atoms with E-state index < -0.39 is 44.9 Å². The Kier molecular flexibility index (Phi) is 5.60. The number of hydrogen-bond acceptors (Lipinski definition) is 4. The Morgan fingerprint density at radius 2 is 1.60 bits per heavy atom. The lowest BCUT2D eigenvalue weighted by Crippen LogP contribution is -2.25. The summed E-state index contributed by atoms with van der Waals surface area (Å²) in [4.78, 5) is 6.76. The summed E-state index contributed by atoms with van der Waals surface area (Å²) in [7, 11) is -4.71. The van der Waals surface area contributed by atoms with Gasteiger partial charge >= 0.3 is 12.4 Å². The highest BCUT2D eigenvalue weighted by Crippen LogP contribution is 2.37. The fraction of sp³-hybridized carbons (Fsp3) is 0.176. The number of imidazole rings is 1. The predicted octanol–water partition coefficient (Wildman–Crippen LogP) is 3.78. The molecule has 0 amide bonds. The summed E-state index contributed by atoms with van der Waals surface area (Å²) in [5.41, 5.74) is -3.13. The van der Waals surface area contributed by atoms with Gasteiger partial charge in [0, 0.05) is 30.7 Å². The fourth-order valence-corrected chi connectivity index (χ4v) is 3.60. The molecule has 3 rings (SSSR count). The number of hydrogen-bond donors (Lipinski definition) is 1. The maximum atomic E-state index is 13.0. The monoisotopic (exact) mass is 450 g/mol. The minimum absolute atomic E-state index is 0.142. The highest BCUT2D eigenvalue weighted by molar-refractivity contribution is 7.89. The standard InChI is InChI=1S/C17H12F6N4O2S/c18-16(19,20)12-6-13(17(21,22)23)8-14(7-12)30(28,29)26-9-11-2-1-3-25-15(11)27-5-4-24-10-27/h1-8,10,26H,9H2. The van der Waals surface area contributed by atoms with Crippen LogP contribution in [0.15, 0.2) is 60.1 Å². The van der Waals surface area contributed by atoms with Gasteiger partial charge in [-0.15, -0.1) is 0 Å². The predicted molar refractivity (Wildman–Crippen MR) is 91.8 cm³/mol. The van der Waals surface area contributed by atoms with Gasteiger partial charge in [-0.3, -0.25) is 4.57 Å². The second-order valence-corrected chi connectivity index (χ2v) is 7.79. The van der Waals surface area contributed by atoms with E-state index in [0.29, 0.717) is 5.56 Å². The van der Waals surface area contributed by atoms with Crippen LogP contribution in [0.4, 0.5) is 26.3 Å². The molecule has 13 heteroatoms. The Morgan fingerprint density at radius 1 is 0.967 bits per heavy atom. The van der Waals surface area contributed by atoms with Gasteiger partial charge in [0.05, 0.1) is 16.0 Å². The molecule has 0 atom stereocenters. The summed E-state index contributed by atoms with van der Waals surface area (Å²) in [5.74, 6) is 0.290. The first-order valence-electron chi connectivity index (χ1n) is 8.09. The molecule has 0 fully saturated rings. The second-order valence-electron chi connectivity index (χ2n) is 6.02. The Morgan fingerprint density at radius 3 is 2.13 bits per heavy atom. The van der Waals surface area contributed by atoms with Crippen LogP contribution in [-0.4, -0.2) is 23.0 Å². The molecule has 0 saturated carbocycles. The minimum atomic E-state index is -5.16. The smallest absolute Gasteiger partial charge is 0.290 e. The summed E-state index contributed by atoms with van der Waals surface area (Å²) in [6.07, 6.45) is -4.53. The van der Waals surface area contributed by atoms with E-state index in [9.17, 15) is 34.8 Å². The molecule has 0 unspecified atom stereocenters. The van der Waals surface area contributed by atoms with E-state index in [1.165, 1.54) is 41.6 Å². The molecule has 1 N–H and O–H groups in total. The van der Waals surface area contributed by atoms with Crippen LogP contribution >= 0.6 is 0 Å². The summed E-state index contributed by atoms with van der Waals surface area (Å²) < 4.78 is 106. The van der Waals surface area contributed by atoms with Crippen LogP contribution < -0.4 is 4.72 Å². The fourth-order valence-electron chi connectivity index (χ4n) is 2.52. The number of sulfonamides is 1. The Hall–Kier alpha value is -2.93. The zero-order valence-electron chi connectivity index (χ0n) is 14.7. The molecule has 0 saturated heterocycles. The third kappa shape index (κ3) is 4.79. The molecule has 3 aromatic rings. The number of pyridine rings is 1. The van der Waals surface area contributed by atoms with Gasteiger partial charge in [0.25, 0.3) is 0 Å². The van der Waals surface area contributed by atoms with Gasteiger partial charge in [-0.1, -0.05) is 6.07 Å². The lowest BCUT2D eigenvalue weighted by Gasteiger charge is -2.15. The normalized spacial score (nSPS) is 12.9. The number of alkyl halides is 6. The average Bonchev–Trinajstić information content (AvgIpc) is 3.19. The molecule has 2 aromatic heterocycles. The zero-order chi connectivity index (χ0) is 22.2. The molecule has 160 valence electrons. The summed E-state index contributed by atoms with van der Waals surface area (Å²) >= 11 is 0. The molecule has 0 aliphatic rings. The van der Waals surface area contributed by atoms with Gasteiger partial charge < -0.3 is 0 Å². The maximum Gasteiger partial charge on any atom is 0.416 e. The van der Waals surface area contributed by atoms with Gasteiger partial charge in [-0.25, -0.2) is 23.1 Å². The summed E-state index contributed by atoms with van der Waals surface area (Å²) in [6.45, 7) is -0.429. The van der Waals surface area contributed by atoms with Gasteiger partial charge in [0.1, 0.15) is 12.1 Å². The molecular weight excluding hydrogens is 438 g/mol. The molecule has 0 spiro atoms. The summed E-state index contributed by atoms with van der Waals surface area (Å²) in [6, 6.07) is 3.15. The lowest BCUT2D eigenvalue weighted by molar-refractivity contribution is -0.143. The first kappa shape index (κ1) is 21.8. The number of nitrogens with one attached hydrogen (secondary N) is 1. The molecular formula is C17H12F6N4O2S. The van der Waals surface area contributed by atoms with Crippen LogP contribution in [0.25, 0.3) is 5.82 Å². The van der Waals surface area contributed by atoms with Crippen LogP contribution in [-0.2, 0) is 28.9 Å². The van der Waals surface area contributed by atoms with Crippen LogP contribution in [0, 0.1) is 0 Å². The number of benzene rings is 1. The molecule has 0 aliphatic carbocycles. The van der Waals surface area contributed by atoms with E-state index >= 15 is 0 Å². The van der Waals surface area contributed by atoms with Crippen molar-refractivity contribution in [2.24, 2.45) is 0 Å². The van der Waals surface area contributed by atoms with E-state index in [2.05, 4.69) is 9.97 Å². The highest BCUT2D eigenvalue weighted by Gasteiger charge is 2.38. The van der Waals surface area contributed by atoms with Gasteiger partial charge in [0.15, 0.2) is 0 Å². The number of rotatable bonds is 5. The van der Waals surface area contributed by atoms with Crippen molar-refractivity contribution in [3.8, 4) is 5.82 Å². The van der Waals surface area contributed by atoms with Crippen molar-refractivity contribution < 1.29 is 34.8 Å². The Balaban J connectivity index is 1.96. The van der Waals surface area contributed by atoms with Crippen molar-refractivity contribution >= 4 is 10.0 Å². The Bertz CT molecular complexity index is 1110. The number of aromatic nitrogens is 3. The van der Waals surface area contributed by atoms with Crippen molar-refractivity contribution in [3.63, 3.8) is 0 Å². The molecule has 0 radical (unpaired) electrons. The van der Waals surface area contributed by atoms with Gasteiger partial charge in [-0.05, 0) is 24.3 Å². The number of halogens is 6. The third-order valence-corrected chi connectivity index (χ3v) is 5.32. The van der Waals surface area contributed by atoms with Crippen molar-refractivity contribution in [2.45, 2.75) is 23.8 Å². The van der Waals surface area contributed by atoms with E-state index in [0.717, 1.165) is 0 Å². The van der Waals surface area contributed by atoms with Crippen LogP contribution in [0.2, 0.25) is 0 Å². The molecule has 1 aromatic carbocycles. The van der Waals surface area contributed by atoms with Crippen molar-refractivity contribution in [1.29, 1.82) is 0 Å². The zero-order valence-corrected chi connectivity index (χ0v) is 15.6. The lowest BCUT2D eigenvalue weighted by atomic mass is 10.1. The van der Waals surface area contributed by atoms with Crippen molar-refractivity contribution in [3.05, 3.63) is 71.9 Å². The molecule has 0 bridgehead atoms. The van der Waals surface area contributed by atoms with Crippen molar-refractivity contribution in [2.75, 3.05) is 0 Å². The molecule has 6 nitrogen and oxygen atoms in total. The first-order chi connectivity index (χ1) is 13.9. The number of nitrogens with zero attached hydrogens (tertiary/aromatic N) is 3. The van der Waals surface area contributed by atoms with Crippen LogP contribution in [0.5, 0.6) is 0 Å². The van der Waals surface area contributed by atoms with E-state index in [-0.39, 0.29) is 24.0 Å². The quantitative estimate of drug-likeness (QED) is 0.601. The molecule has 0 aliphatic heterocycles. The first-order valence-corrected chi connectivity index (χ1v) is 9.57. The van der Waals surface area contributed by atoms with E-state index in [1.807, 2.05) is 4.72 Å². The highest BCUT2D eigenvalue weighted by atomic mass is 32.2. The van der Waals surface area contributed by atoms with Crippen LogP contribution in [0.3, 0.4) is 0 Å². The van der Waals surface area contributed by atoms with Crippen LogP contribution in [0.1, 0.15) is 16.7 Å². The topological polar surface area (TPSA) is 76.9 Å². The molecule has 2 heterocycles. The maximum absolute atomic E-state index is 13.0. The molecule has 30 heavy (non-hydrogen) atoms. The minimum Gasteiger partial charge on any atom is -0.290 e. The SMILES string of the molecule is O=S(=O)(NCc1cccnc1-n1ccnc1)c1cc(C(F)(F)F)cc(C(F)(F)F)c1. The summed E-state index contributed by atoms with van der Waals surface area (Å²) in [5, 5.41) is 0.